The number of piperazine rings is 1. The van der Waals surface area contributed by atoms with E-state index >= 15 is 0 Å². The first-order valence-electron chi connectivity index (χ1n) is 14.9. The second-order valence-electron chi connectivity index (χ2n) is 11.2. The summed E-state index contributed by atoms with van der Waals surface area (Å²) < 4.78 is 40.9. The summed E-state index contributed by atoms with van der Waals surface area (Å²) in [6, 6.07) is 17.4. The number of fused-ring (bicyclic) bond motifs is 2. The lowest BCUT2D eigenvalue weighted by molar-refractivity contribution is -0.0541. The van der Waals surface area contributed by atoms with Crippen LogP contribution in [0.4, 0.5) is 19.3 Å². The summed E-state index contributed by atoms with van der Waals surface area (Å²) in [4.78, 5) is 31.3. The number of carbonyl (C=O) groups is 1. The van der Waals surface area contributed by atoms with Gasteiger partial charge >= 0.3 is 6.09 Å². The smallest absolute Gasteiger partial charge is 0.411 e. The molecule has 4 aromatic rings. The molecule has 2 aromatic carbocycles. The third-order valence-electron chi connectivity index (χ3n) is 8.36. The summed E-state index contributed by atoms with van der Waals surface area (Å²) in [5.41, 5.74) is 1.59. The number of hydrogen-bond acceptors (Lipinski definition) is 7. The van der Waals surface area contributed by atoms with Crippen LogP contribution in [0, 0.1) is 0 Å². The average molecular weight is 611 g/mol. The number of piperidine rings is 1. The number of hydrogen-bond donors (Lipinski definition) is 0. The minimum Gasteiger partial charge on any atom is -0.494 e. The van der Waals surface area contributed by atoms with Gasteiger partial charge in [0, 0.05) is 80.0 Å². The standard InChI is InChI=1S/C32H36F2N4O4S/c33-32(34)11-14-37(15-12-32)31(40)42-23-38-28-22-25(8-6-24(28)7-9-30(38)39)41-20-2-1-13-35-16-18-36(19-17-35)27-4-3-5-29-26(27)10-21-43-29/h3-10,21-22H,1-2,11-20,23H2. The lowest BCUT2D eigenvalue weighted by Crippen LogP contribution is -2.46. The Hall–Kier alpha value is -3.70. The van der Waals surface area contributed by atoms with Crippen LogP contribution >= 0.6 is 11.3 Å². The van der Waals surface area contributed by atoms with Gasteiger partial charge in [0.25, 0.3) is 11.5 Å². The summed E-state index contributed by atoms with van der Waals surface area (Å²) in [5, 5.41) is 4.30. The van der Waals surface area contributed by atoms with E-state index in [1.165, 1.54) is 31.3 Å². The molecule has 11 heteroatoms. The molecule has 0 unspecified atom stereocenters. The maximum absolute atomic E-state index is 13.4. The summed E-state index contributed by atoms with van der Waals surface area (Å²) in [7, 11) is 0. The zero-order chi connectivity index (χ0) is 29.8. The highest BCUT2D eigenvalue weighted by Gasteiger charge is 2.36. The number of carbonyl (C=O) groups excluding carboxylic acids is 1. The largest absolute Gasteiger partial charge is 0.494 e. The average Bonchev–Trinajstić information content (AvgIpc) is 3.50. The zero-order valence-corrected chi connectivity index (χ0v) is 24.9. The fourth-order valence-electron chi connectivity index (χ4n) is 5.81. The van der Waals surface area contributed by atoms with Crippen LogP contribution in [0.5, 0.6) is 5.75 Å². The number of likely N-dealkylation sites (tertiary alicyclic amines) is 1. The zero-order valence-electron chi connectivity index (χ0n) is 24.1. The molecule has 6 rings (SSSR count). The first-order valence-corrected chi connectivity index (χ1v) is 15.7. The lowest BCUT2D eigenvalue weighted by atomic mass is 10.1. The number of alkyl halides is 2. The second-order valence-corrected chi connectivity index (χ2v) is 12.1. The van der Waals surface area contributed by atoms with Crippen molar-refractivity contribution in [2.75, 3.05) is 57.3 Å². The molecule has 228 valence electrons. The molecule has 0 N–H and O–H groups in total. The van der Waals surface area contributed by atoms with Gasteiger partial charge in [-0.25, -0.2) is 13.6 Å². The van der Waals surface area contributed by atoms with Gasteiger partial charge in [-0.05, 0) is 66.6 Å². The Morgan fingerprint density at radius 1 is 0.930 bits per heavy atom. The Kier molecular flexibility index (Phi) is 8.80. The summed E-state index contributed by atoms with van der Waals surface area (Å²) in [6.07, 6.45) is 0.451. The predicted octanol–water partition coefficient (Wildman–Crippen LogP) is 6.02. The molecule has 43 heavy (non-hydrogen) atoms. The van der Waals surface area contributed by atoms with E-state index in [2.05, 4.69) is 39.4 Å². The fourth-order valence-corrected chi connectivity index (χ4v) is 6.62. The van der Waals surface area contributed by atoms with Gasteiger partial charge in [0.05, 0.1) is 12.1 Å². The molecular formula is C32H36F2N4O4S. The highest BCUT2D eigenvalue weighted by Crippen LogP contribution is 2.31. The van der Waals surface area contributed by atoms with Crippen molar-refractivity contribution in [2.45, 2.75) is 38.3 Å². The molecule has 0 bridgehead atoms. The van der Waals surface area contributed by atoms with E-state index < -0.39 is 12.0 Å². The van der Waals surface area contributed by atoms with Crippen molar-refractivity contribution < 1.29 is 23.0 Å². The fraction of sp³-hybridized carbons (Fsp3) is 0.438. The van der Waals surface area contributed by atoms with Crippen LogP contribution in [0.25, 0.3) is 21.0 Å². The van der Waals surface area contributed by atoms with Gasteiger partial charge in [-0.15, -0.1) is 11.3 Å². The maximum Gasteiger partial charge on any atom is 0.411 e. The van der Waals surface area contributed by atoms with Gasteiger partial charge in [0.2, 0.25) is 0 Å². The molecule has 8 nitrogen and oxygen atoms in total. The number of anilines is 1. The molecule has 2 aliphatic heterocycles. The number of halogens is 2. The first kappa shape index (κ1) is 29.4. The lowest BCUT2D eigenvalue weighted by Gasteiger charge is -2.36. The number of rotatable bonds is 9. The van der Waals surface area contributed by atoms with Gasteiger partial charge in [-0.2, -0.15) is 0 Å². The van der Waals surface area contributed by atoms with E-state index in [0.29, 0.717) is 17.9 Å². The Labute approximate surface area is 253 Å². The molecule has 0 spiro atoms. The molecule has 2 aliphatic rings. The molecular weight excluding hydrogens is 574 g/mol. The third kappa shape index (κ3) is 6.94. The second kappa shape index (κ2) is 12.9. The predicted molar refractivity (Wildman–Crippen MR) is 166 cm³/mol. The Balaban J connectivity index is 0.965. The van der Waals surface area contributed by atoms with Gasteiger partial charge in [0.1, 0.15) is 5.75 Å². The van der Waals surface area contributed by atoms with E-state index in [0.717, 1.165) is 51.0 Å². The Morgan fingerprint density at radius 2 is 1.72 bits per heavy atom. The van der Waals surface area contributed by atoms with E-state index in [9.17, 15) is 18.4 Å². The van der Waals surface area contributed by atoms with Gasteiger partial charge in [-0.1, -0.05) is 6.07 Å². The Bertz CT molecular complexity index is 1620. The highest BCUT2D eigenvalue weighted by atomic mass is 32.1. The maximum atomic E-state index is 13.4. The molecule has 4 heterocycles. The molecule has 0 saturated carbocycles. The van der Waals surface area contributed by atoms with E-state index in [4.69, 9.17) is 9.47 Å². The highest BCUT2D eigenvalue weighted by molar-refractivity contribution is 7.17. The van der Waals surface area contributed by atoms with Crippen LogP contribution < -0.4 is 15.2 Å². The number of benzene rings is 2. The molecule has 0 atom stereocenters. The van der Waals surface area contributed by atoms with E-state index in [-0.39, 0.29) is 38.2 Å². The molecule has 2 fully saturated rings. The van der Waals surface area contributed by atoms with Crippen LogP contribution in [0.2, 0.25) is 0 Å². The summed E-state index contributed by atoms with van der Waals surface area (Å²) >= 11 is 1.79. The molecule has 2 aromatic heterocycles. The number of nitrogens with zero attached hydrogens (tertiary/aromatic N) is 4. The number of pyridine rings is 1. The quantitative estimate of drug-likeness (QED) is 0.216. The number of unbranched alkanes of at least 4 members (excludes halogenated alkanes) is 1. The number of ether oxygens (including phenoxy) is 2. The molecule has 0 aliphatic carbocycles. The SMILES string of the molecule is O=C(OCn1c(=O)ccc2ccc(OCCCCN3CCN(c4cccc5sccc45)CC3)cc21)N1CCC(F)(F)CC1. The van der Waals surface area contributed by atoms with Gasteiger partial charge < -0.3 is 19.3 Å². The van der Waals surface area contributed by atoms with Crippen molar-refractivity contribution in [1.82, 2.24) is 14.4 Å². The molecule has 0 radical (unpaired) electrons. The van der Waals surface area contributed by atoms with Crippen molar-refractivity contribution in [1.29, 1.82) is 0 Å². The van der Waals surface area contributed by atoms with Gasteiger partial charge in [0.15, 0.2) is 6.73 Å². The number of amides is 1. The van der Waals surface area contributed by atoms with Gasteiger partial charge in [-0.3, -0.25) is 14.3 Å². The van der Waals surface area contributed by atoms with Crippen LogP contribution in [-0.4, -0.2) is 78.8 Å². The van der Waals surface area contributed by atoms with Crippen molar-refractivity contribution in [3.63, 3.8) is 0 Å². The van der Waals surface area contributed by atoms with Crippen LogP contribution in [0.3, 0.4) is 0 Å². The van der Waals surface area contributed by atoms with Crippen molar-refractivity contribution in [3.8, 4) is 5.75 Å². The van der Waals surface area contributed by atoms with Crippen molar-refractivity contribution in [2.24, 2.45) is 0 Å². The summed E-state index contributed by atoms with van der Waals surface area (Å²) in [6.45, 7) is 5.25. The topological polar surface area (TPSA) is 67.2 Å². The summed E-state index contributed by atoms with van der Waals surface area (Å²) in [5.74, 6) is -2.12. The number of aromatic nitrogens is 1. The minimum absolute atomic E-state index is 0.0725. The molecule has 2 saturated heterocycles. The van der Waals surface area contributed by atoms with Crippen LogP contribution in [0.15, 0.2) is 64.8 Å². The monoisotopic (exact) mass is 610 g/mol. The van der Waals surface area contributed by atoms with Crippen molar-refractivity contribution in [3.05, 3.63) is 70.3 Å². The van der Waals surface area contributed by atoms with Crippen molar-refractivity contribution >= 4 is 44.1 Å². The van der Waals surface area contributed by atoms with Crippen LogP contribution in [-0.2, 0) is 11.5 Å². The van der Waals surface area contributed by atoms with E-state index in [1.54, 1.807) is 23.5 Å². The Morgan fingerprint density at radius 3 is 2.53 bits per heavy atom. The van der Waals surface area contributed by atoms with Crippen LogP contribution in [0.1, 0.15) is 25.7 Å². The third-order valence-corrected chi connectivity index (χ3v) is 9.24. The normalized spacial score (nSPS) is 17.4. The molecule has 1 amide bonds. The van der Waals surface area contributed by atoms with E-state index in [1.807, 2.05) is 12.1 Å². The first-order chi connectivity index (χ1) is 20.9. The number of thiophene rings is 1. The minimum atomic E-state index is -2.75.